The van der Waals surface area contributed by atoms with Crippen LogP contribution < -0.4 is 10.1 Å². The summed E-state index contributed by atoms with van der Waals surface area (Å²) in [5, 5.41) is 21.6. The van der Waals surface area contributed by atoms with Gasteiger partial charge in [0.2, 0.25) is 0 Å². The van der Waals surface area contributed by atoms with Crippen molar-refractivity contribution in [2.75, 3.05) is 6.54 Å². The maximum atomic E-state index is 9.26. The summed E-state index contributed by atoms with van der Waals surface area (Å²) >= 11 is 0. The van der Waals surface area contributed by atoms with Crippen LogP contribution in [0.4, 0.5) is 0 Å². The van der Waals surface area contributed by atoms with Gasteiger partial charge in [0.05, 0.1) is 12.2 Å². The zero-order valence-electron chi connectivity index (χ0n) is 12.0. The molecule has 0 radical (unpaired) electrons. The molecule has 0 saturated heterocycles. The van der Waals surface area contributed by atoms with Gasteiger partial charge in [-0.25, -0.2) is 0 Å². The van der Waals surface area contributed by atoms with E-state index < -0.39 is 0 Å². The Morgan fingerprint density at radius 3 is 2.76 bits per heavy atom. The first-order valence-corrected chi connectivity index (χ1v) is 6.88. The Morgan fingerprint density at radius 2 is 2.05 bits per heavy atom. The van der Waals surface area contributed by atoms with Gasteiger partial charge in [0, 0.05) is 6.54 Å². The van der Waals surface area contributed by atoms with Crippen molar-refractivity contribution >= 4 is 0 Å². The first kappa shape index (κ1) is 15.0. The van der Waals surface area contributed by atoms with E-state index >= 15 is 0 Å². The van der Waals surface area contributed by atoms with Crippen LogP contribution in [0.1, 0.15) is 23.6 Å². The number of rotatable bonds is 6. The number of aliphatic hydroxyl groups is 1. The number of aliphatic hydroxyl groups excluding tert-OH is 1. The SMILES string of the molecule is CCNCc1ccc(Oc2cccc(CO)c2)c(C#N)c1. The van der Waals surface area contributed by atoms with Crippen LogP contribution in [0.15, 0.2) is 42.5 Å². The lowest BCUT2D eigenvalue weighted by Crippen LogP contribution is -2.11. The second-order valence-electron chi connectivity index (χ2n) is 4.63. The summed E-state index contributed by atoms with van der Waals surface area (Å²) in [5.41, 5.74) is 2.32. The number of hydrogen-bond donors (Lipinski definition) is 2. The molecule has 4 nitrogen and oxygen atoms in total. The minimum atomic E-state index is -0.0378. The smallest absolute Gasteiger partial charge is 0.145 e. The summed E-state index contributed by atoms with van der Waals surface area (Å²) in [6.45, 7) is 3.61. The van der Waals surface area contributed by atoms with Gasteiger partial charge >= 0.3 is 0 Å². The number of ether oxygens (including phenoxy) is 1. The van der Waals surface area contributed by atoms with Gasteiger partial charge in [-0.05, 0) is 41.9 Å². The van der Waals surface area contributed by atoms with Gasteiger partial charge in [0.1, 0.15) is 17.6 Å². The highest BCUT2D eigenvalue weighted by atomic mass is 16.5. The normalized spacial score (nSPS) is 10.1. The van der Waals surface area contributed by atoms with Crippen molar-refractivity contribution < 1.29 is 9.84 Å². The molecule has 4 heteroatoms. The predicted octanol–water partition coefficient (Wildman–Crippen LogP) is 2.95. The van der Waals surface area contributed by atoms with Gasteiger partial charge in [0.25, 0.3) is 0 Å². The molecule has 2 aromatic rings. The highest BCUT2D eigenvalue weighted by Gasteiger charge is 2.06. The summed E-state index contributed by atoms with van der Waals surface area (Å²) in [5.74, 6) is 1.13. The number of nitrogens with zero attached hydrogens (tertiary/aromatic N) is 1. The first-order valence-electron chi connectivity index (χ1n) is 6.88. The zero-order valence-corrected chi connectivity index (χ0v) is 12.0. The minimum absolute atomic E-state index is 0.0378. The summed E-state index contributed by atoms with van der Waals surface area (Å²) in [7, 11) is 0. The molecule has 0 aliphatic rings. The molecule has 0 unspecified atom stereocenters. The van der Waals surface area contributed by atoms with Crippen molar-refractivity contribution in [2.45, 2.75) is 20.1 Å². The van der Waals surface area contributed by atoms with Gasteiger partial charge in [0.15, 0.2) is 0 Å². The molecule has 21 heavy (non-hydrogen) atoms. The Hall–Kier alpha value is -2.35. The van der Waals surface area contributed by atoms with E-state index in [0.29, 0.717) is 17.1 Å². The predicted molar refractivity (Wildman–Crippen MR) is 81.0 cm³/mol. The fourth-order valence-electron chi connectivity index (χ4n) is 1.97. The van der Waals surface area contributed by atoms with E-state index in [9.17, 15) is 5.26 Å². The van der Waals surface area contributed by atoms with Crippen LogP contribution in [0.5, 0.6) is 11.5 Å². The largest absolute Gasteiger partial charge is 0.456 e. The summed E-state index contributed by atoms with van der Waals surface area (Å²) in [4.78, 5) is 0. The van der Waals surface area contributed by atoms with Crippen LogP contribution in [0.3, 0.4) is 0 Å². The Kier molecular flexibility index (Phi) is 5.33. The van der Waals surface area contributed by atoms with E-state index in [2.05, 4.69) is 11.4 Å². The van der Waals surface area contributed by atoms with Gasteiger partial charge in [-0.3, -0.25) is 0 Å². The molecule has 2 rings (SSSR count). The third-order valence-corrected chi connectivity index (χ3v) is 3.05. The van der Waals surface area contributed by atoms with Crippen molar-refractivity contribution in [1.82, 2.24) is 5.32 Å². The molecular formula is C17H18N2O2. The molecule has 0 amide bonds. The molecular weight excluding hydrogens is 264 g/mol. The molecule has 0 saturated carbocycles. The van der Waals surface area contributed by atoms with Crippen LogP contribution in [0.2, 0.25) is 0 Å². The summed E-state index contributed by atoms with van der Waals surface area (Å²) in [6.07, 6.45) is 0. The lowest BCUT2D eigenvalue weighted by Gasteiger charge is -2.10. The molecule has 0 aromatic heterocycles. The van der Waals surface area contributed by atoms with E-state index in [1.807, 2.05) is 31.2 Å². The van der Waals surface area contributed by atoms with Gasteiger partial charge in [-0.2, -0.15) is 5.26 Å². The lowest BCUT2D eigenvalue weighted by molar-refractivity contribution is 0.281. The maximum absolute atomic E-state index is 9.26. The Labute approximate surface area is 124 Å². The molecule has 0 spiro atoms. The van der Waals surface area contributed by atoms with Crippen molar-refractivity contribution in [3.8, 4) is 17.6 Å². The average molecular weight is 282 g/mol. The van der Waals surface area contributed by atoms with Gasteiger partial charge in [-0.1, -0.05) is 25.1 Å². The number of nitrogens with one attached hydrogen (secondary N) is 1. The van der Waals surface area contributed by atoms with Crippen LogP contribution in [0.25, 0.3) is 0 Å². The molecule has 0 aliphatic carbocycles. The highest BCUT2D eigenvalue weighted by molar-refractivity contribution is 5.47. The standard InChI is InChI=1S/C17H18N2O2/c1-2-19-11-13-6-7-17(15(8-13)10-18)21-16-5-3-4-14(9-16)12-20/h3-9,19-20H,2,11-12H2,1H3. The minimum Gasteiger partial charge on any atom is -0.456 e. The average Bonchev–Trinajstić information content (AvgIpc) is 2.54. The second kappa shape index (κ2) is 7.44. The van der Waals surface area contributed by atoms with Crippen LogP contribution >= 0.6 is 0 Å². The fraction of sp³-hybridized carbons (Fsp3) is 0.235. The molecule has 108 valence electrons. The Bertz CT molecular complexity index is 647. The zero-order chi connectivity index (χ0) is 15.1. The third kappa shape index (κ3) is 4.06. The Balaban J connectivity index is 2.21. The quantitative estimate of drug-likeness (QED) is 0.855. The molecule has 0 heterocycles. The first-order chi connectivity index (χ1) is 10.3. The topological polar surface area (TPSA) is 65.3 Å². The highest BCUT2D eigenvalue weighted by Crippen LogP contribution is 2.26. The lowest BCUT2D eigenvalue weighted by atomic mass is 10.1. The third-order valence-electron chi connectivity index (χ3n) is 3.05. The number of nitriles is 1. The van der Waals surface area contributed by atoms with Crippen molar-refractivity contribution in [3.05, 3.63) is 59.2 Å². The van der Waals surface area contributed by atoms with Crippen LogP contribution in [-0.2, 0) is 13.2 Å². The number of hydrogen-bond acceptors (Lipinski definition) is 4. The second-order valence-corrected chi connectivity index (χ2v) is 4.63. The van der Waals surface area contributed by atoms with E-state index in [1.165, 1.54) is 0 Å². The van der Waals surface area contributed by atoms with Gasteiger partial charge in [-0.15, -0.1) is 0 Å². The maximum Gasteiger partial charge on any atom is 0.145 e. The van der Waals surface area contributed by atoms with E-state index in [-0.39, 0.29) is 6.61 Å². The van der Waals surface area contributed by atoms with Crippen LogP contribution in [-0.4, -0.2) is 11.7 Å². The van der Waals surface area contributed by atoms with Crippen LogP contribution in [0, 0.1) is 11.3 Å². The van der Waals surface area contributed by atoms with Crippen molar-refractivity contribution in [2.24, 2.45) is 0 Å². The monoisotopic (exact) mass is 282 g/mol. The molecule has 2 aromatic carbocycles. The fourth-order valence-corrected chi connectivity index (χ4v) is 1.97. The summed E-state index contributed by atoms with van der Waals surface area (Å²) < 4.78 is 5.75. The van der Waals surface area contributed by atoms with Crippen molar-refractivity contribution in [3.63, 3.8) is 0 Å². The van der Waals surface area contributed by atoms with E-state index in [0.717, 1.165) is 24.2 Å². The molecule has 0 atom stereocenters. The van der Waals surface area contributed by atoms with Gasteiger partial charge < -0.3 is 15.2 Å². The number of benzene rings is 2. The van der Waals surface area contributed by atoms with E-state index in [4.69, 9.17) is 9.84 Å². The molecule has 0 aliphatic heterocycles. The molecule has 0 fully saturated rings. The van der Waals surface area contributed by atoms with E-state index in [1.54, 1.807) is 18.2 Å². The molecule has 0 bridgehead atoms. The summed E-state index contributed by atoms with van der Waals surface area (Å²) in [6, 6.07) is 14.9. The Morgan fingerprint density at radius 1 is 1.19 bits per heavy atom. The van der Waals surface area contributed by atoms with Crippen molar-refractivity contribution in [1.29, 1.82) is 5.26 Å². The molecule has 2 N–H and O–H groups in total.